The number of nitrogens with zero attached hydrogens (tertiary/aromatic N) is 3. The molecular formula is C16H18N6O3S. The van der Waals surface area contributed by atoms with Gasteiger partial charge in [0.25, 0.3) is 10.0 Å². The van der Waals surface area contributed by atoms with Crippen LogP contribution < -0.4 is 21.3 Å². The van der Waals surface area contributed by atoms with Gasteiger partial charge in [0.05, 0.1) is 25.7 Å². The Morgan fingerprint density at radius 2 is 1.92 bits per heavy atom. The van der Waals surface area contributed by atoms with E-state index in [4.69, 9.17) is 21.3 Å². The van der Waals surface area contributed by atoms with E-state index in [1.165, 1.54) is 12.3 Å². The zero-order chi connectivity index (χ0) is 18.9. The molecule has 0 fully saturated rings. The highest BCUT2D eigenvalue weighted by Gasteiger charge is 2.15. The largest absolute Gasteiger partial charge is 0.497 e. The normalized spacial score (nSPS) is 11.5. The molecule has 0 unspecified atom stereocenters. The van der Waals surface area contributed by atoms with Crippen molar-refractivity contribution in [1.82, 2.24) is 14.5 Å². The third kappa shape index (κ3) is 3.46. The molecule has 3 rings (SSSR count). The average Bonchev–Trinajstić information content (AvgIpc) is 2.95. The molecule has 0 aliphatic carbocycles. The van der Waals surface area contributed by atoms with Crippen molar-refractivity contribution in [2.75, 3.05) is 18.6 Å². The highest BCUT2D eigenvalue weighted by molar-refractivity contribution is 7.89. The zero-order valence-corrected chi connectivity index (χ0v) is 14.8. The summed E-state index contributed by atoms with van der Waals surface area (Å²) in [7, 11) is -2.27. The quantitative estimate of drug-likeness (QED) is 0.559. The van der Waals surface area contributed by atoms with Crippen molar-refractivity contribution in [3.05, 3.63) is 48.4 Å². The van der Waals surface area contributed by atoms with Crippen LogP contribution in [0.2, 0.25) is 0 Å². The fraction of sp³-hybridized carbons (Fsp3) is 0.125. The number of nitrogens with two attached hydrogens (primary N) is 3. The number of rotatable bonds is 5. The van der Waals surface area contributed by atoms with Crippen LogP contribution in [0.15, 0.2) is 47.9 Å². The third-order valence-electron chi connectivity index (χ3n) is 3.82. The average molecular weight is 374 g/mol. The van der Waals surface area contributed by atoms with Crippen LogP contribution in [-0.4, -0.2) is 30.1 Å². The number of aromatic nitrogens is 3. The standard InChI is InChI=1S/C16H18N6O3S/c1-25-11-3-4-12(13(17)6-11)15-16(18)21-9-22(15)8-10-2-5-14(20-7-10)26(19,23)24/h2-7,9H,8,17-18H2,1H3,(H2,19,23,24). The maximum Gasteiger partial charge on any atom is 0.255 e. The summed E-state index contributed by atoms with van der Waals surface area (Å²) in [6.07, 6.45) is 3.03. The predicted octanol–water partition coefficient (Wildman–Crippen LogP) is 0.814. The molecule has 0 saturated carbocycles. The molecule has 0 amide bonds. The molecule has 0 aliphatic rings. The number of primary sulfonamides is 1. The molecular weight excluding hydrogens is 356 g/mol. The van der Waals surface area contributed by atoms with Gasteiger partial charge in [0.2, 0.25) is 0 Å². The summed E-state index contributed by atoms with van der Waals surface area (Å²) in [4.78, 5) is 8.02. The van der Waals surface area contributed by atoms with Gasteiger partial charge in [-0.3, -0.25) is 0 Å². The molecule has 0 spiro atoms. The molecule has 9 nitrogen and oxygen atoms in total. The van der Waals surface area contributed by atoms with Crippen LogP contribution in [0.4, 0.5) is 11.5 Å². The van der Waals surface area contributed by atoms with Gasteiger partial charge >= 0.3 is 0 Å². The Balaban J connectivity index is 1.96. The van der Waals surface area contributed by atoms with Gasteiger partial charge in [-0.05, 0) is 23.8 Å². The van der Waals surface area contributed by atoms with Gasteiger partial charge in [-0.1, -0.05) is 6.07 Å². The maximum atomic E-state index is 11.3. The van der Waals surface area contributed by atoms with Crippen LogP contribution >= 0.6 is 0 Å². The number of ether oxygens (including phenoxy) is 1. The van der Waals surface area contributed by atoms with E-state index in [9.17, 15) is 8.42 Å². The second kappa shape index (κ2) is 6.65. The molecule has 1 aromatic carbocycles. The lowest BCUT2D eigenvalue weighted by atomic mass is 10.1. The van der Waals surface area contributed by atoms with Crippen molar-refractivity contribution in [3.63, 3.8) is 0 Å². The van der Waals surface area contributed by atoms with E-state index in [0.29, 0.717) is 29.5 Å². The lowest BCUT2D eigenvalue weighted by molar-refractivity contribution is 0.415. The molecule has 26 heavy (non-hydrogen) atoms. The number of anilines is 2. The first kappa shape index (κ1) is 17.7. The van der Waals surface area contributed by atoms with E-state index in [2.05, 4.69) is 9.97 Å². The summed E-state index contributed by atoms with van der Waals surface area (Å²) in [5.41, 5.74) is 14.8. The molecule has 0 aliphatic heterocycles. The number of imidazole rings is 1. The SMILES string of the molecule is COc1ccc(-c2c(N)ncn2Cc2ccc(S(N)(=O)=O)nc2)c(N)c1. The fourth-order valence-corrected chi connectivity index (χ4v) is 3.02. The van der Waals surface area contributed by atoms with Gasteiger partial charge in [-0.15, -0.1) is 0 Å². The predicted molar refractivity (Wildman–Crippen MR) is 97.8 cm³/mol. The first-order valence-corrected chi connectivity index (χ1v) is 9.06. The van der Waals surface area contributed by atoms with Crippen molar-refractivity contribution in [2.24, 2.45) is 5.14 Å². The summed E-state index contributed by atoms with van der Waals surface area (Å²) in [6.45, 7) is 0.378. The zero-order valence-electron chi connectivity index (χ0n) is 14.0. The van der Waals surface area contributed by atoms with Gasteiger partial charge in [-0.25, -0.2) is 23.5 Å². The number of methoxy groups -OCH3 is 1. The Labute approximate surface area is 150 Å². The fourth-order valence-electron chi connectivity index (χ4n) is 2.56. The summed E-state index contributed by atoms with van der Waals surface area (Å²) in [6, 6.07) is 8.27. The molecule has 136 valence electrons. The van der Waals surface area contributed by atoms with Gasteiger partial charge in [0, 0.05) is 23.5 Å². The van der Waals surface area contributed by atoms with Gasteiger partial charge in [-0.2, -0.15) is 0 Å². The number of hydrogen-bond donors (Lipinski definition) is 3. The van der Waals surface area contributed by atoms with Crippen molar-refractivity contribution >= 4 is 21.5 Å². The summed E-state index contributed by atoms with van der Waals surface area (Å²) < 4.78 is 29.6. The maximum absolute atomic E-state index is 11.3. The molecule has 0 atom stereocenters. The Bertz CT molecular complexity index is 1040. The minimum absolute atomic E-state index is 0.189. The van der Waals surface area contributed by atoms with Crippen LogP contribution in [0.1, 0.15) is 5.56 Å². The number of hydrogen-bond acceptors (Lipinski definition) is 7. The van der Waals surface area contributed by atoms with E-state index in [-0.39, 0.29) is 5.03 Å². The van der Waals surface area contributed by atoms with Gasteiger partial charge in [0.15, 0.2) is 5.03 Å². The van der Waals surface area contributed by atoms with E-state index >= 15 is 0 Å². The molecule has 0 radical (unpaired) electrons. The first-order valence-electron chi connectivity index (χ1n) is 7.52. The summed E-state index contributed by atoms with van der Waals surface area (Å²) in [5, 5.41) is 4.87. The van der Waals surface area contributed by atoms with E-state index in [0.717, 1.165) is 11.1 Å². The molecule has 0 bridgehead atoms. The molecule has 2 heterocycles. The molecule has 6 N–H and O–H groups in total. The molecule has 3 aromatic rings. The summed E-state index contributed by atoms with van der Waals surface area (Å²) >= 11 is 0. The smallest absolute Gasteiger partial charge is 0.255 e. The minimum atomic E-state index is -3.83. The van der Waals surface area contributed by atoms with Crippen LogP contribution in [0.3, 0.4) is 0 Å². The second-order valence-electron chi connectivity index (χ2n) is 5.61. The third-order valence-corrected chi connectivity index (χ3v) is 4.65. The number of pyridine rings is 1. The Morgan fingerprint density at radius 3 is 2.50 bits per heavy atom. The second-order valence-corrected chi connectivity index (χ2v) is 7.12. The molecule has 10 heteroatoms. The van der Waals surface area contributed by atoms with Crippen molar-refractivity contribution in [2.45, 2.75) is 11.6 Å². The highest BCUT2D eigenvalue weighted by atomic mass is 32.2. The highest BCUT2D eigenvalue weighted by Crippen LogP contribution is 2.33. The van der Waals surface area contributed by atoms with E-state index < -0.39 is 10.0 Å². The van der Waals surface area contributed by atoms with Gasteiger partial charge in [0.1, 0.15) is 11.6 Å². The summed E-state index contributed by atoms with van der Waals surface area (Å²) in [5.74, 6) is 0.967. The van der Waals surface area contributed by atoms with Crippen LogP contribution in [0, 0.1) is 0 Å². The first-order chi connectivity index (χ1) is 12.3. The van der Waals surface area contributed by atoms with E-state index in [1.54, 1.807) is 42.3 Å². The minimum Gasteiger partial charge on any atom is -0.497 e. The Morgan fingerprint density at radius 1 is 1.15 bits per heavy atom. The lowest BCUT2D eigenvalue weighted by Gasteiger charge is -2.12. The number of sulfonamides is 1. The van der Waals surface area contributed by atoms with Crippen molar-refractivity contribution in [3.8, 4) is 17.0 Å². The number of nitrogen functional groups attached to an aromatic ring is 2. The monoisotopic (exact) mass is 374 g/mol. The lowest BCUT2D eigenvalue weighted by Crippen LogP contribution is -2.14. The van der Waals surface area contributed by atoms with Gasteiger partial charge < -0.3 is 20.8 Å². The molecule has 2 aromatic heterocycles. The van der Waals surface area contributed by atoms with Crippen molar-refractivity contribution in [1.29, 1.82) is 0 Å². The topological polar surface area (TPSA) is 152 Å². The molecule has 0 saturated heterocycles. The van der Waals surface area contributed by atoms with Crippen LogP contribution in [-0.2, 0) is 16.6 Å². The van der Waals surface area contributed by atoms with Crippen LogP contribution in [0.25, 0.3) is 11.3 Å². The Hall–Kier alpha value is -3.11. The van der Waals surface area contributed by atoms with Crippen LogP contribution in [0.5, 0.6) is 5.75 Å². The van der Waals surface area contributed by atoms with Crippen molar-refractivity contribution < 1.29 is 13.2 Å². The number of benzene rings is 1. The van der Waals surface area contributed by atoms with E-state index in [1.807, 2.05) is 0 Å². The Kier molecular flexibility index (Phi) is 4.53.